The van der Waals surface area contributed by atoms with Gasteiger partial charge in [0.25, 0.3) is 15.9 Å². The Labute approximate surface area is 179 Å². The molecule has 6 nitrogen and oxygen atoms in total. The van der Waals surface area contributed by atoms with E-state index in [0.717, 1.165) is 12.8 Å². The summed E-state index contributed by atoms with van der Waals surface area (Å²) in [5.74, 6) is 0.432. The molecule has 2 aliphatic rings. The summed E-state index contributed by atoms with van der Waals surface area (Å²) in [6.07, 6.45) is 1.46. The standard InChI is InChI=1S/C20H20ClN3O3S2/c1-13-18(14-4-2-5-15(21)12-14)29(26,27)23-19(13)24-9-7-16(8-10-24)22-20(25)17-6-3-11-28-17/h2-6,11-12,16H,7-10H2,1H3,(H,22,25). The lowest BCUT2D eigenvalue weighted by molar-refractivity contribution is 0.0926. The third-order valence-electron chi connectivity index (χ3n) is 5.10. The summed E-state index contributed by atoms with van der Waals surface area (Å²) in [6.45, 7) is 3.04. The van der Waals surface area contributed by atoms with Crippen LogP contribution in [0.3, 0.4) is 0 Å². The van der Waals surface area contributed by atoms with Crippen molar-refractivity contribution in [1.82, 2.24) is 10.2 Å². The monoisotopic (exact) mass is 449 g/mol. The maximum Gasteiger partial charge on any atom is 0.285 e. The van der Waals surface area contributed by atoms with Crippen molar-refractivity contribution in [3.63, 3.8) is 0 Å². The van der Waals surface area contributed by atoms with Gasteiger partial charge in [0.2, 0.25) is 0 Å². The molecule has 2 aromatic rings. The average Bonchev–Trinajstić information content (AvgIpc) is 3.29. The first-order valence-corrected chi connectivity index (χ1v) is 12.0. The highest BCUT2D eigenvalue weighted by Gasteiger charge is 2.35. The molecule has 29 heavy (non-hydrogen) atoms. The molecule has 0 saturated carbocycles. The molecule has 0 atom stereocenters. The molecular weight excluding hydrogens is 430 g/mol. The number of carbonyl (C=O) groups excluding carboxylic acids is 1. The Morgan fingerprint density at radius 1 is 1.24 bits per heavy atom. The van der Waals surface area contributed by atoms with Crippen molar-refractivity contribution in [3.8, 4) is 0 Å². The predicted octanol–water partition coefficient (Wildman–Crippen LogP) is 3.77. The molecule has 9 heteroatoms. The fourth-order valence-electron chi connectivity index (χ4n) is 3.71. The van der Waals surface area contributed by atoms with E-state index in [1.54, 1.807) is 37.3 Å². The van der Waals surface area contributed by atoms with Crippen molar-refractivity contribution in [3.05, 3.63) is 62.8 Å². The Hall–Kier alpha value is -2.16. The first-order valence-electron chi connectivity index (χ1n) is 9.26. The Balaban J connectivity index is 1.48. The molecule has 1 amide bonds. The van der Waals surface area contributed by atoms with Gasteiger partial charge in [-0.2, -0.15) is 8.42 Å². The summed E-state index contributed by atoms with van der Waals surface area (Å²) >= 11 is 7.46. The molecule has 0 unspecified atom stereocenters. The van der Waals surface area contributed by atoms with Crippen LogP contribution >= 0.6 is 22.9 Å². The Kier molecular flexibility index (Phi) is 5.50. The van der Waals surface area contributed by atoms with Crippen LogP contribution in [0.4, 0.5) is 0 Å². The predicted molar refractivity (Wildman–Crippen MR) is 117 cm³/mol. The molecule has 1 saturated heterocycles. The first-order chi connectivity index (χ1) is 13.8. The number of nitrogens with one attached hydrogen (secondary N) is 1. The van der Waals surface area contributed by atoms with E-state index in [2.05, 4.69) is 9.71 Å². The van der Waals surface area contributed by atoms with E-state index in [4.69, 9.17) is 11.6 Å². The summed E-state index contributed by atoms with van der Waals surface area (Å²) in [4.78, 5) is 15.1. The van der Waals surface area contributed by atoms with Gasteiger partial charge in [-0.3, -0.25) is 4.79 Å². The number of carbonyl (C=O) groups is 1. The van der Waals surface area contributed by atoms with E-state index in [1.165, 1.54) is 11.3 Å². The molecule has 1 N–H and O–H groups in total. The zero-order chi connectivity index (χ0) is 20.6. The van der Waals surface area contributed by atoms with Crippen molar-refractivity contribution in [1.29, 1.82) is 0 Å². The third kappa shape index (κ3) is 4.10. The SMILES string of the molecule is CC1=C(c2cccc(Cl)c2)S(=O)(=O)N=C1N1CCC(NC(=O)c2cccs2)CC1. The smallest absolute Gasteiger partial charge is 0.285 e. The quantitative estimate of drug-likeness (QED) is 0.773. The van der Waals surface area contributed by atoms with Crippen molar-refractivity contribution in [2.75, 3.05) is 13.1 Å². The minimum Gasteiger partial charge on any atom is -0.356 e. The average molecular weight is 450 g/mol. The normalized spacial score (nSPS) is 19.4. The highest BCUT2D eigenvalue weighted by molar-refractivity contribution is 8.00. The Morgan fingerprint density at radius 3 is 2.66 bits per heavy atom. The van der Waals surface area contributed by atoms with E-state index in [1.807, 2.05) is 16.3 Å². The van der Waals surface area contributed by atoms with Gasteiger partial charge >= 0.3 is 0 Å². The lowest BCUT2D eigenvalue weighted by Gasteiger charge is -2.33. The Bertz CT molecular complexity index is 1100. The number of rotatable bonds is 3. The second-order valence-electron chi connectivity index (χ2n) is 7.07. The number of sulfonamides is 1. The van der Waals surface area contributed by atoms with Crippen LogP contribution in [-0.4, -0.2) is 44.2 Å². The molecule has 0 radical (unpaired) electrons. The number of benzene rings is 1. The number of likely N-dealkylation sites (tertiary alicyclic amines) is 1. The van der Waals surface area contributed by atoms with Crippen LogP contribution in [0, 0.1) is 0 Å². The number of hydrogen-bond donors (Lipinski definition) is 1. The second kappa shape index (κ2) is 7.93. The van der Waals surface area contributed by atoms with Gasteiger partial charge in [0.1, 0.15) is 10.7 Å². The van der Waals surface area contributed by atoms with Gasteiger partial charge in [-0.25, -0.2) is 0 Å². The van der Waals surface area contributed by atoms with E-state index < -0.39 is 10.0 Å². The van der Waals surface area contributed by atoms with Gasteiger partial charge in [-0.05, 0) is 48.9 Å². The molecular formula is C20H20ClN3O3S2. The van der Waals surface area contributed by atoms with Crippen LogP contribution in [0.1, 0.15) is 35.0 Å². The minimum absolute atomic E-state index is 0.0569. The molecule has 1 aromatic heterocycles. The van der Waals surface area contributed by atoms with Crippen molar-refractivity contribution in [2.24, 2.45) is 4.40 Å². The highest BCUT2D eigenvalue weighted by Crippen LogP contribution is 2.35. The largest absolute Gasteiger partial charge is 0.356 e. The van der Waals surface area contributed by atoms with Crippen LogP contribution in [0.2, 0.25) is 5.02 Å². The van der Waals surface area contributed by atoms with Crippen molar-refractivity contribution >= 4 is 49.6 Å². The molecule has 1 fully saturated rings. The molecule has 0 bridgehead atoms. The number of thiophene rings is 1. The molecule has 3 heterocycles. The van der Waals surface area contributed by atoms with Gasteiger partial charge in [0.05, 0.1) is 4.88 Å². The fourth-order valence-corrected chi connectivity index (χ4v) is 6.00. The number of piperidine rings is 1. The molecule has 0 aliphatic carbocycles. The van der Waals surface area contributed by atoms with Gasteiger partial charge in [0.15, 0.2) is 0 Å². The lowest BCUT2D eigenvalue weighted by atomic mass is 10.0. The molecule has 152 valence electrons. The van der Waals surface area contributed by atoms with Crippen molar-refractivity contribution in [2.45, 2.75) is 25.8 Å². The zero-order valence-electron chi connectivity index (χ0n) is 15.8. The minimum atomic E-state index is -3.77. The van der Waals surface area contributed by atoms with Crippen LogP contribution in [-0.2, 0) is 10.0 Å². The number of amides is 1. The molecule has 0 spiro atoms. The van der Waals surface area contributed by atoms with Gasteiger partial charge in [0, 0.05) is 29.7 Å². The first kappa shape index (κ1) is 20.1. The van der Waals surface area contributed by atoms with Crippen LogP contribution in [0.5, 0.6) is 0 Å². The van der Waals surface area contributed by atoms with E-state index in [9.17, 15) is 13.2 Å². The zero-order valence-corrected chi connectivity index (χ0v) is 18.1. The lowest BCUT2D eigenvalue weighted by Crippen LogP contribution is -2.46. The van der Waals surface area contributed by atoms with E-state index in [-0.39, 0.29) is 16.9 Å². The maximum atomic E-state index is 12.7. The van der Waals surface area contributed by atoms with E-state index >= 15 is 0 Å². The van der Waals surface area contributed by atoms with Crippen molar-refractivity contribution < 1.29 is 13.2 Å². The van der Waals surface area contributed by atoms with E-state index in [0.29, 0.717) is 40.0 Å². The number of halogens is 1. The van der Waals surface area contributed by atoms with Crippen LogP contribution < -0.4 is 5.32 Å². The van der Waals surface area contributed by atoms with Crippen LogP contribution in [0.15, 0.2) is 51.7 Å². The maximum absolute atomic E-state index is 12.7. The highest BCUT2D eigenvalue weighted by atomic mass is 35.5. The summed E-state index contributed by atoms with van der Waals surface area (Å²) < 4.78 is 29.5. The second-order valence-corrected chi connectivity index (χ2v) is 9.99. The topological polar surface area (TPSA) is 78.8 Å². The molecule has 1 aromatic carbocycles. The number of nitrogens with zero attached hydrogens (tertiary/aromatic N) is 2. The van der Waals surface area contributed by atoms with Gasteiger partial charge in [-0.15, -0.1) is 15.7 Å². The molecule has 2 aliphatic heterocycles. The number of hydrogen-bond acceptors (Lipinski definition) is 5. The van der Waals surface area contributed by atoms with Gasteiger partial charge in [-0.1, -0.05) is 29.8 Å². The van der Waals surface area contributed by atoms with Crippen LogP contribution in [0.25, 0.3) is 4.91 Å². The summed E-state index contributed by atoms with van der Waals surface area (Å²) in [5.41, 5.74) is 1.18. The number of amidine groups is 1. The summed E-state index contributed by atoms with van der Waals surface area (Å²) in [6, 6.07) is 10.5. The Morgan fingerprint density at radius 2 is 2.00 bits per heavy atom. The van der Waals surface area contributed by atoms with Gasteiger partial charge < -0.3 is 10.2 Å². The summed E-state index contributed by atoms with van der Waals surface area (Å²) in [7, 11) is -3.77. The molecule has 4 rings (SSSR count). The fraction of sp³-hybridized carbons (Fsp3) is 0.300. The third-order valence-corrected chi connectivity index (χ3v) is 7.68. The summed E-state index contributed by atoms with van der Waals surface area (Å²) in [5, 5.41) is 5.42.